The lowest BCUT2D eigenvalue weighted by molar-refractivity contribution is 0.0858. The fraction of sp³-hybridized carbons (Fsp3) is 0.625. The van der Waals surface area contributed by atoms with Gasteiger partial charge in [-0.1, -0.05) is 6.07 Å². The Hall–Kier alpha value is -1.11. The molecule has 5 nitrogen and oxygen atoms in total. The van der Waals surface area contributed by atoms with Crippen molar-refractivity contribution in [2.75, 3.05) is 25.0 Å². The molecule has 0 amide bonds. The number of anilines is 1. The third-order valence-electron chi connectivity index (χ3n) is 5.54. The number of aliphatic hydroxyl groups is 1. The first-order valence-corrected chi connectivity index (χ1v) is 9.40. The van der Waals surface area contributed by atoms with Crippen LogP contribution >= 0.6 is 0 Å². The molecule has 0 spiro atoms. The SMILES string of the molecule is Cc1ccc(S(=O)(=O)N2CC3(CO)CC2C3)c2c1NCCC2. The highest BCUT2D eigenvalue weighted by Crippen LogP contribution is 2.53. The van der Waals surface area contributed by atoms with Crippen LogP contribution in [-0.2, 0) is 16.4 Å². The summed E-state index contributed by atoms with van der Waals surface area (Å²) in [6, 6.07) is 3.73. The van der Waals surface area contributed by atoms with Gasteiger partial charge in [0.2, 0.25) is 10.0 Å². The lowest BCUT2D eigenvalue weighted by Gasteiger charge is -2.35. The van der Waals surface area contributed by atoms with Crippen LogP contribution in [0.2, 0.25) is 0 Å². The molecule has 1 aliphatic carbocycles. The van der Waals surface area contributed by atoms with Gasteiger partial charge in [-0.3, -0.25) is 0 Å². The van der Waals surface area contributed by atoms with Gasteiger partial charge in [-0.25, -0.2) is 8.42 Å². The second-order valence-corrected chi connectivity index (χ2v) is 8.89. The van der Waals surface area contributed by atoms with Gasteiger partial charge in [0.25, 0.3) is 0 Å². The standard InChI is InChI=1S/C16H22N2O3S/c1-11-4-5-14(13-3-2-6-17-15(11)13)22(20,21)18-9-16(10-19)7-12(18)8-16/h4-5,12,17,19H,2-3,6-10H2,1H3. The third kappa shape index (κ3) is 1.87. The van der Waals surface area contributed by atoms with Crippen molar-refractivity contribution in [3.8, 4) is 0 Å². The van der Waals surface area contributed by atoms with E-state index < -0.39 is 10.0 Å². The average molecular weight is 322 g/mol. The van der Waals surface area contributed by atoms with Crippen molar-refractivity contribution < 1.29 is 13.5 Å². The van der Waals surface area contributed by atoms with E-state index in [1.54, 1.807) is 10.4 Å². The molecule has 1 aromatic rings. The van der Waals surface area contributed by atoms with Crippen molar-refractivity contribution in [2.45, 2.75) is 43.5 Å². The molecule has 0 unspecified atom stereocenters. The first-order chi connectivity index (χ1) is 10.5. The minimum atomic E-state index is -3.47. The second-order valence-electron chi connectivity index (χ2n) is 7.03. The Kier molecular flexibility index (Phi) is 3.09. The van der Waals surface area contributed by atoms with E-state index in [0.717, 1.165) is 49.0 Å². The van der Waals surface area contributed by atoms with Crippen LogP contribution in [0.4, 0.5) is 5.69 Å². The highest BCUT2D eigenvalue weighted by molar-refractivity contribution is 7.89. The van der Waals surface area contributed by atoms with E-state index in [-0.39, 0.29) is 18.1 Å². The molecule has 22 heavy (non-hydrogen) atoms. The number of hydrogen-bond donors (Lipinski definition) is 2. The van der Waals surface area contributed by atoms with Crippen molar-refractivity contribution in [1.29, 1.82) is 0 Å². The minimum Gasteiger partial charge on any atom is -0.396 e. The number of nitrogens with zero attached hydrogens (tertiary/aromatic N) is 1. The number of aliphatic hydroxyl groups excluding tert-OH is 1. The van der Waals surface area contributed by atoms with Crippen molar-refractivity contribution >= 4 is 15.7 Å². The summed E-state index contributed by atoms with van der Waals surface area (Å²) in [7, 11) is -3.47. The summed E-state index contributed by atoms with van der Waals surface area (Å²) < 4.78 is 27.9. The van der Waals surface area contributed by atoms with Crippen LogP contribution in [0.5, 0.6) is 0 Å². The summed E-state index contributed by atoms with van der Waals surface area (Å²) in [5.41, 5.74) is 2.86. The zero-order valence-electron chi connectivity index (χ0n) is 12.8. The highest BCUT2D eigenvalue weighted by Gasteiger charge is 2.58. The lowest BCUT2D eigenvalue weighted by Crippen LogP contribution is -2.38. The molecular formula is C16H22N2O3S. The molecule has 1 aromatic carbocycles. The minimum absolute atomic E-state index is 0.0747. The lowest BCUT2D eigenvalue weighted by atomic mass is 9.71. The number of nitrogens with one attached hydrogen (secondary N) is 1. The van der Waals surface area contributed by atoms with E-state index in [9.17, 15) is 13.5 Å². The number of sulfonamides is 1. The van der Waals surface area contributed by atoms with E-state index in [2.05, 4.69) is 5.32 Å². The average Bonchev–Trinajstić information content (AvgIpc) is 3.04. The summed E-state index contributed by atoms with van der Waals surface area (Å²) in [5.74, 6) is 0. The van der Waals surface area contributed by atoms with E-state index >= 15 is 0 Å². The largest absolute Gasteiger partial charge is 0.396 e. The van der Waals surface area contributed by atoms with Crippen molar-refractivity contribution in [2.24, 2.45) is 5.41 Å². The maximum atomic E-state index is 13.1. The molecular weight excluding hydrogens is 300 g/mol. The number of benzene rings is 1. The van der Waals surface area contributed by atoms with Gasteiger partial charge in [-0.05, 0) is 49.8 Å². The maximum absolute atomic E-state index is 13.1. The van der Waals surface area contributed by atoms with Crippen LogP contribution in [0.15, 0.2) is 17.0 Å². The topological polar surface area (TPSA) is 69.6 Å². The molecule has 2 bridgehead atoms. The predicted molar refractivity (Wildman–Crippen MR) is 84.4 cm³/mol. The first-order valence-electron chi connectivity index (χ1n) is 7.96. The van der Waals surface area contributed by atoms with Crippen LogP contribution in [0, 0.1) is 12.3 Å². The Morgan fingerprint density at radius 1 is 1.41 bits per heavy atom. The summed E-state index contributed by atoms with van der Waals surface area (Å²) in [5, 5.41) is 12.9. The number of rotatable bonds is 3. The van der Waals surface area contributed by atoms with Crippen LogP contribution in [0.1, 0.15) is 30.4 Å². The molecule has 3 heterocycles. The van der Waals surface area contributed by atoms with Crippen LogP contribution in [-0.4, -0.2) is 43.6 Å². The molecule has 120 valence electrons. The van der Waals surface area contributed by atoms with E-state index in [4.69, 9.17) is 0 Å². The summed E-state index contributed by atoms with van der Waals surface area (Å²) in [4.78, 5) is 0.459. The Labute approximate surface area is 131 Å². The van der Waals surface area contributed by atoms with Crippen LogP contribution in [0.25, 0.3) is 0 Å². The van der Waals surface area contributed by atoms with Gasteiger partial charge in [0.1, 0.15) is 0 Å². The van der Waals surface area contributed by atoms with Crippen molar-refractivity contribution in [1.82, 2.24) is 4.31 Å². The summed E-state index contributed by atoms with van der Waals surface area (Å²) in [6.07, 6.45) is 3.37. The van der Waals surface area contributed by atoms with E-state index in [1.165, 1.54) is 0 Å². The highest BCUT2D eigenvalue weighted by atomic mass is 32.2. The second kappa shape index (κ2) is 4.69. The van der Waals surface area contributed by atoms with Crippen molar-refractivity contribution in [3.05, 3.63) is 23.3 Å². The van der Waals surface area contributed by atoms with Gasteiger partial charge in [-0.2, -0.15) is 4.31 Å². The Morgan fingerprint density at radius 2 is 2.18 bits per heavy atom. The summed E-state index contributed by atoms with van der Waals surface area (Å²) >= 11 is 0. The van der Waals surface area contributed by atoms with Crippen molar-refractivity contribution in [3.63, 3.8) is 0 Å². The van der Waals surface area contributed by atoms with E-state index in [1.807, 2.05) is 13.0 Å². The monoisotopic (exact) mass is 322 g/mol. The fourth-order valence-electron chi connectivity index (χ4n) is 4.28. The van der Waals surface area contributed by atoms with Gasteiger partial charge < -0.3 is 10.4 Å². The zero-order chi connectivity index (χ0) is 15.5. The van der Waals surface area contributed by atoms with Crippen LogP contribution < -0.4 is 5.32 Å². The van der Waals surface area contributed by atoms with E-state index in [0.29, 0.717) is 11.4 Å². The smallest absolute Gasteiger partial charge is 0.243 e. The molecule has 3 aliphatic heterocycles. The Bertz CT molecular complexity index is 723. The van der Waals surface area contributed by atoms with Gasteiger partial charge in [0, 0.05) is 30.2 Å². The Balaban J connectivity index is 1.76. The predicted octanol–water partition coefficient (Wildman–Crippen LogP) is 1.50. The molecule has 5 rings (SSSR count). The quantitative estimate of drug-likeness (QED) is 0.885. The van der Waals surface area contributed by atoms with Gasteiger partial charge in [0.15, 0.2) is 0 Å². The number of aryl methyl sites for hydroxylation is 1. The van der Waals surface area contributed by atoms with Gasteiger partial charge in [0.05, 0.1) is 11.5 Å². The molecule has 1 saturated carbocycles. The first kappa shape index (κ1) is 14.5. The molecule has 2 N–H and O–H groups in total. The molecule has 0 radical (unpaired) electrons. The van der Waals surface area contributed by atoms with Gasteiger partial charge >= 0.3 is 0 Å². The molecule has 6 heteroatoms. The Morgan fingerprint density at radius 3 is 2.86 bits per heavy atom. The number of hydrogen-bond acceptors (Lipinski definition) is 4. The number of fused-ring (bicyclic) bond motifs is 2. The van der Waals surface area contributed by atoms with Crippen LogP contribution in [0.3, 0.4) is 0 Å². The molecule has 4 aliphatic rings. The molecule has 2 saturated heterocycles. The molecule has 0 aromatic heterocycles. The fourth-order valence-corrected chi connectivity index (χ4v) is 6.27. The summed E-state index contributed by atoms with van der Waals surface area (Å²) in [6.45, 7) is 3.47. The maximum Gasteiger partial charge on any atom is 0.243 e. The normalized spacial score (nSPS) is 30.5. The third-order valence-corrected chi connectivity index (χ3v) is 7.52. The molecule has 0 atom stereocenters. The molecule has 3 fully saturated rings. The zero-order valence-corrected chi connectivity index (χ0v) is 13.6. The van der Waals surface area contributed by atoms with Gasteiger partial charge in [-0.15, -0.1) is 0 Å².